The number of furan rings is 2. The lowest BCUT2D eigenvalue weighted by Crippen LogP contribution is -3.10. The molecule has 0 aromatic carbocycles. The summed E-state index contributed by atoms with van der Waals surface area (Å²) in [7, 11) is 0. The van der Waals surface area contributed by atoms with Crippen LogP contribution in [0.2, 0.25) is 0 Å². The van der Waals surface area contributed by atoms with Gasteiger partial charge in [-0.3, -0.25) is 4.79 Å². The van der Waals surface area contributed by atoms with Crippen molar-refractivity contribution in [3.05, 3.63) is 48.3 Å². The fourth-order valence-corrected chi connectivity index (χ4v) is 2.37. The predicted molar refractivity (Wildman–Crippen MR) is 87.7 cm³/mol. The number of nitriles is 1. The number of carbonyl (C=O) groups is 1. The minimum absolute atomic E-state index is 0.0186. The Bertz CT molecular complexity index is 635. The van der Waals surface area contributed by atoms with Gasteiger partial charge in [0.15, 0.2) is 18.1 Å². The molecule has 2 N–H and O–H groups in total. The molecule has 2 rings (SSSR count). The van der Waals surface area contributed by atoms with Crippen molar-refractivity contribution in [3.63, 3.8) is 0 Å². The van der Waals surface area contributed by atoms with Crippen LogP contribution in [0.4, 0.5) is 0 Å². The van der Waals surface area contributed by atoms with E-state index < -0.39 is 5.54 Å². The van der Waals surface area contributed by atoms with Gasteiger partial charge in [0.05, 0.1) is 18.6 Å². The van der Waals surface area contributed by atoms with Crippen LogP contribution in [-0.4, -0.2) is 18.0 Å². The largest absolute Gasteiger partial charge is 0.463 e. The summed E-state index contributed by atoms with van der Waals surface area (Å²) in [5.41, 5.74) is -0.877. The molecule has 0 fully saturated rings. The number of quaternary nitrogens is 1. The number of hydrogen-bond donors (Lipinski definition) is 2. The number of amides is 1. The van der Waals surface area contributed by atoms with Gasteiger partial charge in [0.25, 0.3) is 5.91 Å². The molecule has 0 aliphatic heterocycles. The Labute approximate surface area is 142 Å². The molecule has 6 nitrogen and oxygen atoms in total. The van der Waals surface area contributed by atoms with Crippen LogP contribution in [-0.2, 0) is 17.9 Å². The van der Waals surface area contributed by atoms with Crippen molar-refractivity contribution in [3.8, 4) is 6.07 Å². The Morgan fingerprint density at radius 1 is 1.25 bits per heavy atom. The molecule has 1 amide bonds. The third kappa shape index (κ3) is 4.74. The molecular formula is C18H24N3O3+. The van der Waals surface area contributed by atoms with Gasteiger partial charge >= 0.3 is 0 Å². The Morgan fingerprint density at radius 3 is 2.17 bits per heavy atom. The fourth-order valence-electron chi connectivity index (χ4n) is 2.37. The van der Waals surface area contributed by atoms with Crippen LogP contribution >= 0.6 is 0 Å². The van der Waals surface area contributed by atoms with E-state index in [1.165, 1.54) is 0 Å². The van der Waals surface area contributed by atoms with Crippen molar-refractivity contribution < 1.29 is 18.5 Å². The highest BCUT2D eigenvalue weighted by atomic mass is 16.3. The zero-order valence-electron chi connectivity index (χ0n) is 14.3. The van der Waals surface area contributed by atoms with E-state index in [0.717, 1.165) is 16.4 Å². The SMILES string of the molecule is CC(C)[C@@](C)(C#N)NC(=O)C[NH+](Cc1ccco1)Cc1ccco1. The highest BCUT2D eigenvalue weighted by Gasteiger charge is 2.31. The summed E-state index contributed by atoms with van der Waals surface area (Å²) >= 11 is 0. The van der Waals surface area contributed by atoms with Crippen LogP contribution in [0.25, 0.3) is 0 Å². The summed E-state index contributed by atoms with van der Waals surface area (Å²) in [6, 6.07) is 9.61. The topological polar surface area (TPSA) is 83.6 Å². The summed E-state index contributed by atoms with van der Waals surface area (Å²) in [5, 5.41) is 12.2. The first-order valence-electron chi connectivity index (χ1n) is 8.03. The maximum absolute atomic E-state index is 12.4. The van der Waals surface area contributed by atoms with Crippen molar-refractivity contribution in [2.75, 3.05) is 6.54 Å². The van der Waals surface area contributed by atoms with E-state index in [9.17, 15) is 10.1 Å². The van der Waals surface area contributed by atoms with Gasteiger partial charge in [-0.2, -0.15) is 5.26 Å². The summed E-state index contributed by atoms with van der Waals surface area (Å²) < 4.78 is 10.8. The summed E-state index contributed by atoms with van der Waals surface area (Å²) in [6.45, 7) is 6.93. The number of hydrogen-bond acceptors (Lipinski definition) is 4. The van der Waals surface area contributed by atoms with E-state index in [1.807, 2.05) is 38.1 Å². The van der Waals surface area contributed by atoms with Gasteiger partial charge in [-0.15, -0.1) is 0 Å². The van der Waals surface area contributed by atoms with Crippen LogP contribution in [0, 0.1) is 17.2 Å². The highest BCUT2D eigenvalue weighted by molar-refractivity contribution is 5.78. The molecule has 2 heterocycles. The van der Waals surface area contributed by atoms with Crippen molar-refractivity contribution >= 4 is 5.91 Å². The van der Waals surface area contributed by atoms with Gasteiger partial charge in [-0.25, -0.2) is 0 Å². The average molecular weight is 330 g/mol. The maximum Gasteiger partial charge on any atom is 0.276 e. The third-order valence-corrected chi connectivity index (χ3v) is 4.21. The molecule has 1 atom stereocenters. The summed E-state index contributed by atoms with van der Waals surface area (Å²) in [6.07, 6.45) is 3.23. The zero-order chi connectivity index (χ0) is 17.6. The molecule has 0 aliphatic carbocycles. The van der Waals surface area contributed by atoms with Gasteiger partial charge in [-0.1, -0.05) is 13.8 Å². The van der Waals surface area contributed by atoms with Crippen LogP contribution < -0.4 is 10.2 Å². The van der Waals surface area contributed by atoms with E-state index in [0.29, 0.717) is 13.1 Å². The second kappa shape index (κ2) is 7.84. The molecule has 0 bridgehead atoms. The van der Waals surface area contributed by atoms with Crippen molar-refractivity contribution in [1.29, 1.82) is 5.26 Å². The first-order valence-corrected chi connectivity index (χ1v) is 8.03. The van der Waals surface area contributed by atoms with E-state index in [2.05, 4.69) is 11.4 Å². The second-order valence-corrected chi connectivity index (χ2v) is 6.46. The first-order chi connectivity index (χ1) is 11.4. The van der Waals surface area contributed by atoms with E-state index >= 15 is 0 Å². The Kier molecular flexibility index (Phi) is 5.83. The predicted octanol–water partition coefficient (Wildman–Crippen LogP) is 1.51. The Balaban J connectivity index is 2.04. The number of carbonyl (C=O) groups excluding carboxylic acids is 1. The molecule has 2 aromatic heterocycles. The lowest BCUT2D eigenvalue weighted by atomic mass is 9.90. The number of nitrogens with zero attached hydrogens (tertiary/aromatic N) is 1. The van der Waals surface area contributed by atoms with Gasteiger partial charge in [0, 0.05) is 0 Å². The Hall–Kier alpha value is -2.52. The second-order valence-electron chi connectivity index (χ2n) is 6.46. The van der Waals surface area contributed by atoms with Crippen molar-refractivity contribution in [2.45, 2.75) is 39.4 Å². The van der Waals surface area contributed by atoms with E-state index in [4.69, 9.17) is 8.83 Å². The Morgan fingerprint density at radius 2 is 1.79 bits per heavy atom. The normalized spacial score (nSPS) is 13.7. The molecule has 128 valence electrons. The molecule has 2 aromatic rings. The minimum Gasteiger partial charge on any atom is -0.463 e. The standard InChI is InChI=1S/C18H23N3O3/c1-14(2)18(3,13-19)20-17(22)12-21(10-15-6-4-8-23-15)11-16-7-5-9-24-16/h4-9,14H,10-12H2,1-3H3,(H,20,22)/p+1/t18-/m1/s1. The molecule has 6 heteroatoms. The molecule has 0 saturated carbocycles. The van der Waals surface area contributed by atoms with Crippen molar-refractivity contribution in [1.82, 2.24) is 5.32 Å². The smallest absolute Gasteiger partial charge is 0.276 e. The highest BCUT2D eigenvalue weighted by Crippen LogP contribution is 2.14. The maximum atomic E-state index is 12.4. The van der Waals surface area contributed by atoms with Crippen molar-refractivity contribution in [2.24, 2.45) is 5.92 Å². The summed E-state index contributed by atoms with van der Waals surface area (Å²) in [5.74, 6) is 1.46. The first kappa shape index (κ1) is 17.8. The van der Waals surface area contributed by atoms with Gasteiger partial charge in [0.1, 0.15) is 18.6 Å². The zero-order valence-corrected chi connectivity index (χ0v) is 14.3. The fraction of sp³-hybridized carbons (Fsp3) is 0.444. The minimum atomic E-state index is -0.877. The lowest BCUT2D eigenvalue weighted by Gasteiger charge is -2.28. The quantitative estimate of drug-likeness (QED) is 0.768. The van der Waals surface area contributed by atoms with Gasteiger partial charge in [0.2, 0.25) is 0 Å². The van der Waals surface area contributed by atoms with Gasteiger partial charge < -0.3 is 19.1 Å². The van der Waals surface area contributed by atoms with Crippen LogP contribution in [0.1, 0.15) is 32.3 Å². The molecule has 24 heavy (non-hydrogen) atoms. The lowest BCUT2D eigenvalue weighted by molar-refractivity contribution is -0.921. The van der Waals surface area contributed by atoms with E-state index in [1.54, 1.807) is 19.5 Å². The van der Waals surface area contributed by atoms with Crippen LogP contribution in [0.3, 0.4) is 0 Å². The molecule has 0 saturated heterocycles. The van der Waals surface area contributed by atoms with Crippen LogP contribution in [0.15, 0.2) is 45.6 Å². The summed E-state index contributed by atoms with van der Waals surface area (Å²) in [4.78, 5) is 13.4. The average Bonchev–Trinajstić information content (AvgIpc) is 3.20. The monoisotopic (exact) mass is 330 g/mol. The third-order valence-electron chi connectivity index (χ3n) is 4.21. The molecule has 0 spiro atoms. The molecule has 0 radical (unpaired) electrons. The molecule has 0 unspecified atom stereocenters. The van der Waals surface area contributed by atoms with Crippen LogP contribution in [0.5, 0.6) is 0 Å². The number of rotatable bonds is 8. The van der Waals surface area contributed by atoms with E-state index in [-0.39, 0.29) is 18.4 Å². The van der Waals surface area contributed by atoms with Gasteiger partial charge in [-0.05, 0) is 37.1 Å². The molecule has 0 aliphatic rings. The molecular weight excluding hydrogens is 306 g/mol. The number of nitrogens with one attached hydrogen (secondary N) is 2.